The van der Waals surface area contributed by atoms with E-state index in [1.807, 2.05) is 6.08 Å². The molecule has 0 radical (unpaired) electrons. The van der Waals surface area contributed by atoms with Crippen LogP contribution in [0.15, 0.2) is 80.4 Å². The second kappa shape index (κ2) is 9.67. The fourth-order valence-electron chi connectivity index (χ4n) is 3.01. The van der Waals surface area contributed by atoms with E-state index in [1.54, 1.807) is 19.3 Å². The molecule has 174 valence electrons. The van der Waals surface area contributed by atoms with Crippen LogP contribution in [0.25, 0.3) is 12.2 Å². The van der Waals surface area contributed by atoms with Gasteiger partial charge >= 0.3 is 0 Å². The highest BCUT2D eigenvalue weighted by Crippen LogP contribution is 2.27. The molecule has 0 saturated heterocycles. The lowest BCUT2D eigenvalue weighted by Gasteiger charge is -2.10. The first-order chi connectivity index (χ1) is 15.5. The van der Waals surface area contributed by atoms with Gasteiger partial charge in [-0.1, -0.05) is 30.4 Å². The van der Waals surface area contributed by atoms with E-state index in [0.29, 0.717) is 12.2 Å². The molecule has 0 spiro atoms. The molecular formula is C21H21N3O7S2. The summed E-state index contributed by atoms with van der Waals surface area (Å²) in [7, 11) is -7.66. The van der Waals surface area contributed by atoms with Crippen molar-refractivity contribution in [2.75, 3.05) is 12.8 Å². The molecule has 33 heavy (non-hydrogen) atoms. The maximum Gasteiger partial charge on any atom is 0.295 e. The molecule has 12 heteroatoms. The summed E-state index contributed by atoms with van der Waals surface area (Å²) in [4.78, 5) is -0.886. The first kappa shape index (κ1) is 24.3. The van der Waals surface area contributed by atoms with Crippen molar-refractivity contribution >= 4 is 43.8 Å². The Hall–Kier alpha value is -3.32. The average molecular weight is 492 g/mol. The highest BCUT2D eigenvalue weighted by atomic mass is 32.2. The molecule has 0 amide bonds. The third-order valence-electron chi connectivity index (χ3n) is 4.63. The summed E-state index contributed by atoms with van der Waals surface area (Å²) in [6, 6.07) is 7.63. The maximum atomic E-state index is 11.9. The van der Waals surface area contributed by atoms with Crippen molar-refractivity contribution in [1.29, 1.82) is 0 Å². The highest BCUT2D eigenvalue weighted by Gasteiger charge is 2.17. The third kappa shape index (κ3) is 6.35. The summed E-state index contributed by atoms with van der Waals surface area (Å²) in [5, 5.41) is 8.20. The third-order valence-corrected chi connectivity index (χ3v) is 6.45. The number of nitrogens with zero attached hydrogens (tertiary/aromatic N) is 2. The minimum atomic E-state index is -4.64. The number of nitrogens with two attached hydrogens (primary N) is 1. The van der Waals surface area contributed by atoms with Crippen molar-refractivity contribution in [3.8, 4) is 0 Å². The fourth-order valence-corrected chi connectivity index (χ4v) is 4.43. The lowest BCUT2D eigenvalue weighted by molar-refractivity contribution is 0.303. The number of allylic oxidation sites excluding steroid dienone is 1. The van der Waals surface area contributed by atoms with Gasteiger partial charge in [-0.15, -0.1) is 0 Å². The van der Waals surface area contributed by atoms with Crippen molar-refractivity contribution in [1.82, 2.24) is 0 Å². The van der Waals surface area contributed by atoms with Crippen molar-refractivity contribution in [3.63, 3.8) is 0 Å². The molecule has 1 aliphatic rings. The monoisotopic (exact) mass is 491 g/mol. The molecule has 4 N–H and O–H groups in total. The molecule has 3 rings (SSSR count). The number of azo groups is 1. The molecule has 0 saturated carbocycles. The van der Waals surface area contributed by atoms with Crippen molar-refractivity contribution in [3.05, 3.63) is 71.5 Å². The van der Waals surface area contributed by atoms with Crippen molar-refractivity contribution in [2.24, 2.45) is 10.2 Å². The fraction of sp³-hybridized carbons (Fsp3) is 0.143. The van der Waals surface area contributed by atoms with Crippen LogP contribution in [0, 0.1) is 0 Å². The maximum absolute atomic E-state index is 11.9. The van der Waals surface area contributed by atoms with E-state index in [1.165, 1.54) is 36.4 Å². The van der Waals surface area contributed by atoms with Gasteiger partial charge in [0.15, 0.2) is 0 Å². The smallest absolute Gasteiger partial charge is 0.295 e. The molecule has 1 atom stereocenters. The van der Waals surface area contributed by atoms with Gasteiger partial charge in [-0.2, -0.15) is 27.1 Å². The number of anilines is 1. The summed E-state index contributed by atoms with van der Waals surface area (Å²) >= 11 is 0. The number of hydrogen-bond donors (Lipinski definition) is 3. The molecule has 0 fully saturated rings. The molecule has 0 aliphatic heterocycles. The Labute approximate surface area is 191 Å². The lowest BCUT2D eigenvalue weighted by Crippen LogP contribution is -2.03. The van der Waals surface area contributed by atoms with E-state index in [2.05, 4.69) is 10.2 Å². The number of benzene rings is 2. The minimum Gasteiger partial charge on any atom is -0.497 e. The van der Waals surface area contributed by atoms with E-state index >= 15 is 0 Å². The number of hydrogen-bond acceptors (Lipinski definition) is 8. The molecular weight excluding hydrogens is 470 g/mol. The van der Waals surface area contributed by atoms with E-state index in [0.717, 1.165) is 12.1 Å². The zero-order chi connectivity index (χ0) is 24.2. The molecule has 1 aliphatic carbocycles. The van der Waals surface area contributed by atoms with E-state index < -0.39 is 30.0 Å². The normalized spacial score (nSPS) is 16.9. The van der Waals surface area contributed by atoms with Gasteiger partial charge in [-0.3, -0.25) is 9.11 Å². The quantitative estimate of drug-likeness (QED) is 0.227. The van der Waals surface area contributed by atoms with E-state index in [9.17, 15) is 25.9 Å². The van der Waals surface area contributed by atoms with Gasteiger partial charge < -0.3 is 10.5 Å². The molecule has 0 aromatic heterocycles. The summed E-state index contributed by atoms with van der Waals surface area (Å²) in [6.07, 6.45) is 8.52. The first-order valence-electron chi connectivity index (χ1n) is 9.47. The summed E-state index contributed by atoms with van der Waals surface area (Å²) in [5.41, 5.74) is 6.04. The van der Waals surface area contributed by atoms with Crippen LogP contribution in [0.3, 0.4) is 0 Å². The number of ether oxygens (including phenoxy) is 1. The summed E-state index contributed by atoms with van der Waals surface area (Å²) < 4.78 is 71.3. The Morgan fingerprint density at radius 3 is 2.15 bits per heavy atom. The average Bonchev–Trinajstić information content (AvgIpc) is 2.76. The first-order valence-corrected chi connectivity index (χ1v) is 12.4. The Kier molecular flexibility index (Phi) is 7.12. The second-order valence-electron chi connectivity index (χ2n) is 6.99. The summed E-state index contributed by atoms with van der Waals surface area (Å²) in [5.74, 6) is 0.713. The number of rotatable bonds is 7. The predicted molar refractivity (Wildman–Crippen MR) is 123 cm³/mol. The Bertz CT molecular complexity index is 1390. The van der Waals surface area contributed by atoms with Gasteiger partial charge in [-0.05, 0) is 54.0 Å². The second-order valence-corrected chi connectivity index (χ2v) is 9.77. The van der Waals surface area contributed by atoms with Crippen LogP contribution in [-0.4, -0.2) is 39.1 Å². The van der Waals surface area contributed by atoms with Crippen LogP contribution in [0.5, 0.6) is 0 Å². The summed E-state index contributed by atoms with van der Waals surface area (Å²) in [6.45, 7) is 0. The Morgan fingerprint density at radius 2 is 1.61 bits per heavy atom. The van der Waals surface area contributed by atoms with E-state index in [-0.39, 0.29) is 28.5 Å². The van der Waals surface area contributed by atoms with Gasteiger partial charge in [-0.25, -0.2) is 0 Å². The standard InChI is InChI=1S/C21H21N3O7S2/c1-31-19-10-8-17(9-11-19)23-24-18-7-5-15(21(13-18)33(28,29)30)3-2-14-4-6-16(22)12-20(14)32(25,26)27/h2-8,10-13,17H,9,22H2,1H3,(H,25,26,27)(H,28,29,30)/b3-2-,24-23?. The molecule has 2 aromatic carbocycles. The topological polar surface area (TPSA) is 169 Å². The number of nitrogen functional groups attached to an aromatic ring is 1. The molecule has 10 nitrogen and oxygen atoms in total. The van der Waals surface area contributed by atoms with Crippen molar-refractivity contribution in [2.45, 2.75) is 22.3 Å². The Balaban J connectivity index is 1.93. The van der Waals surface area contributed by atoms with Gasteiger partial charge in [0.2, 0.25) is 0 Å². The van der Waals surface area contributed by atoms with Crippen LogP contribution in [0.2, 0.25) is 0 Å². The molecule has 0 heterocycles. The zero-order valence-corrected chi connectivity index (χ0v) is 19.0. The molecule has 2 aromatic rings. The molecule has 1 unspecified atom stereocenters. The van der Waals surface area contributed by atoms with Crippen LogP contribution in [0.4, 0.5) is 11.4 Å². The Morgan fingerprint density at radius 1 is 1.00 bits per heavy atom. The van der Waals surface area contributed by atoms with Gasteiger partial charge in [0.1, 0.15) is 15.6 Å². The highest BCUT2D eigenvalue weighted by molar-refractivity contribution is 7.86. The zero-order valence-electron chi connectivity index (χ0n) is 17.4. The van der Waals surface area contributed by atoms with Gasteiger partial charge in [0.05, 0.1) is 18.8 Å². The van der Waals surface area contributed by atoms with Crippen molar-refractivity contribution < 1.29 is 30.7 Å². The van der Waals surface area contributed by atoms with Gasteiger partial charge in [0, 0.05) is 5.69 Å². The SMILES string of the molecule is COC1=CCC(N=Nc2ccc(/C=C\c3ccc(N)cc3S(=O)(=O)O)c(S(=O)(=O)O)c2)C=C1. The van der Waals surface area contributed by atoms with Gasteiger partial charge in [0.25, 0.3) is 20.2 Å². The molecule has 0 bridgehead atoms. The number of methoxy groups -OCH3 is 1. The minimum absolute atomic E-state index is 0.0693. The largest absolute Gasteiger partial charge is 0.497 e. The lowest BCUT2D eigenvalue weighted by atomic mass is 10.1. The van der Waals surface area contributed by atoms with Crippen LogP contribution in [-0.2, 0) is 25.0 Å². The van der Waals surface area contributed by atoms with Crippen LogP contribution in [0.1, 0.15) is 17.5 Å². The van der Waals surface area contributed by atoms with E-state index in [4.69, 9.17) is 10.5 Å². The predicted octanol–water partition coefficient (Wildman–Crippen LogP) is 3.88. The van der Waals surface area contributed by atoms with Crippen LogP contribution >= 0.6 is 0 Å². The van der Waals surface area contributed by atoms with Crippen LogP contribution < -0.4 is 5.73 Å².